The smallest absolute Gasteiger partial charge is 0.241 e. The Morgan fingerprint density at radius 3 is 2.44 bits per heavy atom. The Balaban J connectivity index is 2.49. The summed E-state index contributed by atoms with van der Waals surface area (Å²) >= 11 is 1.53. The molecule has 0 aromatic heterocycles. The van der Waals surface area contributed by atoms with Gasteiger partial charge in [0.05, 0.1) is 4.90 Å². The highest BCUT2D eigenvalue weighted by Gasteiger charge is 2.25. The third-order valence-electron chi connectivity index (χ3n) is 3.88. The highest BCUT2D eigenvalue weighted by atomic mass is 32.2. The van der Waals surface area contributed by atoms with Gasteiger partial charge >= 0.3 is 0 Å². The van der Waals surface area contributed by atoms with Crippen molar-refractivity contribution < 1.29 is 13.2 Å². The Bertz CT molecular complexity index is 867. The number of benzene rings is 2. The van der Waals surface area contributed by atoms with E-state index >= 15 is 0 Å². The number of fused-ring (bicyclic) bond motifs is 1. The second-order valence-electron chi connectivity index (χ2n) is 5.88. The molecule has 2 aromatic carbocycles. The van der Waals surface area contributed by atoms with Gasteiger partial charge in [0.1, 0.15) is 6.04 Å². The number of hydrogen-bond donors (Lipinski definition) is 2. The number of nitrogens with two attached hydrogens (primary N) is 1. The largest absolute Gasteiger partial charge is 0.377 e. The summed E-state index contributed by atoms with van der Waals surface area (Å²) in [5.74, 6) is -0.0389. The molecular formula is C17H23N3O3S2. The normalized spacial score (nSPS) is 12.9. The summed E-state index contributed by atoms with van der Waals surface area (Å²) in [6.07, 6.45) is 2.24. The molecule has 25 heavy (non-hydrogen) atoms. The molecule has 1 amide bonds. The molecule has 1 atom stereocenters. The summed E-state index contributed by atoms with van der Waals surface area (Å²) < 4.78 is 28.2. The second kappa shape index (κ2) is 8.07. The van der Waals surface area contributed by atoms with Crippen molar-refractivity contribution in [1.29, 1.82) is 0 Å². The first-order chi connectivity index (χ1) is 11.8. The van der Waals surface area contributed by atoms with E-state index in [2.05, 4.69) is 4.72 Å². The van der Waals surface area contributed by atoms with Gasteiger partial charge in [-0.3, -0.25) is 4.79 Å². The molecule has 0 heterocycles. The van der Waals surface area contributed by atoms with Crippen LogP contribution in [0.15, 0.2) is 41.3 Å². The van der Waals surface area contributed by atoms with Crippen LogP contribution >= 0.6 is 11.8 Å². The van der Waals surface area contributed by atoms with Gasteiger partial charge in [0, 0.05) is 30.6 Å². The van der Waals surface area contributed by atoms with Crippen LogP contribution < -0.4 is 15.4 Å². The van der Waals surface area contributed by atoms with Crippen LogP contribution in [0.5, 0.6) is 0 Å². The first-order valence-electron chi connectivity index (χ1n) is 7.77. The van der Waals surface area contributed by atoms with Crippen molar-refractivity contribution in [2.24, 2.45) is 5.73 Å². The maximum Gasteiger partial charge on any atom is 0.241 e. The predicted octanol–water partition coefficient (Wildman–Crippen LogP) is 1.79. The van der Waals surface area contributed by atoms with Crippen molar-refractivity contribution in [3.05, 3.63) is 36.4 Å². The summed E-state index contributed by atoms with van der Waals surface area (Å²) in [5.41, 5.74) is 6.28. The van der Waals surface area contributed by atoms with Crippen molar-refractivity contribution in [3.8, 4) is 0 Å². The molecule has 0 unspecified atom stereocenters. The number of thioether (sulfide) groups is 1. The molecule has 0 saturated heterocycles. The van der Waals surface area contributed by atoms with Gasteiger partial charge in [-0.25, -0.2) is 8.42 Å². The number of amides is 1. The van der Waals surface area contributed by atoms with Gasteiger partial charge < -0.3 is 10.6 Å². The maximum atomic E-state index is 12.9. The number of carbonyl (C=O) groups excluding carboxylic acids is 1. The van der Waals surface area contributed by atoms with Crippen molar-refractivity contribution in [3.63, 3.8) is 0 Å². The summed E-state index contributed by atoms with van der Waals surface area (Å²) in [5, 5.41) is 1.43. The zero-order valence-electron chi connectivity index (χ0n) is 14.5. The molecule has 8 heteroatoms. The lowest BCUT2D eigenvalue weighted by atomic mass is 10.1. The summed E-state index contributed by atoms with van der Waals surface area (Å²) in [6.45, 7) is 0. The maximum absolute atomic E-state index is 12.9. The van der Waals surface area contributed by atoms with E-state index in [1.54, 1.807) is 12.1 Å². The van der Waals surface area contributed by atoms with Gasteiger partial charge in [-0.15, -0.1) is 0 Å². The van der Waals surface area contributed by atoms with Crippen molar-refractivity contribution >= 4 is 44.2 Å². The van der Waals surface area contributed by atoms with E-state index in [1.807, 2.05) is 43.5 Å². The third-order valence-corrected chi connectivity index (χ3v) is 6.06. The fraction of sp³-hybridized carbons (Fsp3) is 0.353. The Morgan fingerprint density at radius 1 is 1.20 bits per heavy atom. The van der Waals surface area contributed by atoms with Crippen molar-refractivity contribution in [2.45, 2.75) is 17.4 Å². The van der Waals surface area contributed by atoms with Crippen LogP contribution in [0, 0.1) is 0 Å². The highest BCUT2D eigenvalue weighted by Crippen LogP contribution is 2.30. The van der Waals surface area contributed by atoms with Crippen LogP contribution in [0.1, 0.15) is 6.42 Å². The van der Waals surface area contributed by atoms with Crippen LogP contribution in [0.25, 0.3) is 10.8 Å². The number of sulfonamides is 1. The van der Waals surface area contributed by atoms with Gasteiger partial charge in [-0.2, -0.15) is 16.5 Å². The van der Waals surface area contributed by atoms with Crippen LogP contribution in [0.3, 0.4) is 0 Å². The molecular weight excluding hydrogens is 358 g/mol. The van der Waals surface area contributed by atoms with Crippen LogP contribution in [-0.2, 0) is 14.8 Å². The Morgan fingerprint density at radius 2 is 1.84 bits per heavy atom. The average molecular weight is 382 g/mol. The average Bonchev–Trinajstić information content (AvgIpc) is 2.57. The molecule has 3 N–H and O–H groups in total. The van der Waals surface area contributed by atoms with E-state index in [4.69, 9.17) is 5.73 Å². The number of rotatable bonds is 8. The number of nitrogens with one attached hydrogen (secondary N) is 1. The van der Waals surface area contributed by atoms with Gasteiger partial charge in [0.2, 0.25) is 15.9 Å². The fourth-order valence-corrected chi connectivity index (χ4v) is 4.57. The summed E-state index contributed by atoms with van der Waals surface area (Å²) in [4.78, 5) is 13.7. The first-order valence-corrected chi connectivity index (χ1v) is 10.6. The lowest BCUT2D eigenvalue weighted by Gasteiger charge is -2.19. The van der Waals surface area contributed by atoms with Gasteiger partial charge in [0.15, 0.2) is 0 Å². The molecule has 0 spiro atoms. The lowest BCUT2D eigenvalue weighted by molar-refractivity contribution is -0.119. The van der Waals surface area contributed by atoms with E-state index in [9.17, 15) is 13.2 Å². The second-order valence-corrected chi connectivity index (χ2v) is 8.55. The van der Waals surface area contributed by atoms with E-state index in [1.165, 1.54) is 17.8 Å². The molecule has 0 aliphatic heterocycles. The van der Waals surface area contributed by atoms with E-state index in [-0.39, 0.29) is 4.90 Å². The minimum absolute atomic E-state index is 0.143. The van der Waals surface area contributed by atoms with E-state index < -0.39 is 22.0 Å². The number of hydrogen-bond acceptors (Lipinski definition) is 5. The van der Waals surface area contributed by atoms with Crippen molar-refractivity contribution in [2.75, 3.05) is 31.0 Å². The Labute approximate surface area is 152 Å². The van der Waals surface area contributed by atoms with Crippen LogP contribution in [0.2, 0.25) is 0 Å². The monoisotopic (exact) mass is 381 g/mol. The lowest BCUT2D eigenvalue weighted by Crippen LogP contribution is -2.44. The SMILES string of the molecule is CSCC[C@H](NS(=O)(=O)c1cccc2c(N(C)C)cccc12)C(N)=O. The molecule has 0 fully saturated rings. The molecule has 136 valence electrons. The summed E-state index contributed by atoms with van der Waals surface area (Å²) in [7, 11) is -0.0776. The zero-order valence-corrected chi connectivity index (χ0v) is 16.2. The number of anilines is 1. The van der Waals surface area contributed by atoms with E-state index in [0.29, 0.717) is 17.6 Å². The Kier molecular flexibility index (Phi) is 6.31. The van der Waals surface area contributed by atoms with Crippen molar-refractivity contribution in [1.82, 2.24) is 4.72 Å². The number of nitrogens with zero attached hydrogens (tertiary/aromatic N) is 1. The zero-order chi connectivity index (χ0) is 18.6. The quantitative estimate of drug-likeness (QED) is 0.727. The topological polar surface area (TPSA) is 92.5 Å². The predicted molar refractivity (Wildman–Crippen MR) is 105 cm³/mol. The van der Waals surface area contributed by atoms with Gasteiger partial charge in [-0.05, 0) is 30.6 Å². The number of primary amides is 1. The number of carbonyl (C=O) groups is 1. The molecule has 0 aliphatic rings. The van der Waals surface area contributed by atoms with Gasteiger partial charge in [0.25, 0.3) is 0 Å². The molecule has 0 saturated carbocycles. The fourth-order valence-electron chi connectivity index (χ4n) is 2.63. The molecule has 6 nitrogen and oxygen atoms in total. The molecule has 0 radical (unpaired) electrons. The van der Waals surface area contributed by atoms with Crippen LogP contribution in [-0.4, -0.2) is 46.5 Å². The minimum atomic E-state index is -3.88. The highest BCUT2D eigenvalue weighted by molar-refractivity contribution is 7.98. The van der Waals surface area contributed by atoms with Crippen LogP contribution in [0.4, 0.5) is 5.69 Å². The molecule has 0 bridgehead atoms. The van der Waals surface area contributed by atoms with Gasteiger partial charge in [-0.1, -0.05) is 24.3 Å². The third kappa shape index (κ3) is 4.45. The Hall–Kier alpha value is -1.77. The molecule has 2 rings (SSSR count). The minimum Gasteiger partial charge on any atom is -0.377 e. The molecule has 2 aromatic rings. The molecule has 0 aliphatic carbocycles. The standard InChI is InChI=1S/C17H23N3O3S2/c1-20(2)15-8-4-7-13-12(15)6-5-9-16(13)25(22,23)19-14(17(18)21)10-11-24-3/h4-9,14,19H,10-11H2,1-3H3,(H2,18,21)/t14-/m0/s1. The van der Waals surface area contributed by atoms with E-state index in [0.717, 1.165) is 11.1 Å². The summed E-state index contributed by atoms with van der Waals surface area (Å²) in [6, 6.07) is 9.69. The first kappa shape index (κ1) is 19.6.